The molecule has 0 radical (unpaired) electrons. The number of thiazole rings is 1. The van der Waals surface area contributed by atoms with E-state index >= 15 is 0 Å². The zero-order chi connectivity index (χ0) is 9.90. The second-order valence-electron chi connectivity index (χ2n) is 3.06. The maximum atomic E-state index is 11.4. The average Bonchev–Trinajstić information content (AvgIpc) is 2.55. The molecule has 13 heavy (non-hydrogen) atoms. The predicted molar refractivity (Wildman–Crippen MR) is 49.3 cm³/mol. The zero-order valence-electron chi connectivity index (χ0n) is 7.37. The maximum absolute atomic E-state index is 11.4. The minimum absolute atomic E-state index is 0.312. The van der Waals surface area contributed by atoms with Gasteiger partial charge in [0.15, 0.2) is 0 Å². The molecule has 0 aliphatic carbocycles. The van der Waals surface area contributed by atoms with Crippen molar-refractivity contribution in [1.29, 1.82) is 5.26 Å². The molecule has 1 N–H and O–H groups in total. The number of hydrogen-bond donors (Lipinski definition) is 1. The Labute approximate surface area is 80.2 Å². The molecule has 4 nitrogen and oxygen atoms in total. The van der Waals surface area contributed by atoms with Gasteiger partial charge in [0.1, 0.15) is 11.2 Å². The Morgan fingerprint density at radius 1 is 1.77 bits per heavy atom. The third-order valence-corrected chi connectivity index (χ3v) is 1.96. The van der Waals surface area contributed by atoms with E-state index in [1.54, 1.807) is 24.7 Å². The SMILES string of the molecule is CC(C)(C#N)NC(=O)c1cscn1. The summed E-state index contributed by atoms with van der Waals surface area (Å²) in [6, 6.07) is 1.98. The Morgan fingerprint density at radius 3 is 2.92 bits per heavy atom. The van der Waals surface area contributed by atoms with Gasteiger partial charge in [0, 0.05) is 5.38 Å². The van der Waals surface area contributed by atoms with E-state index in [-0.39, 0.29) is 5.91 Å². The van der Waals surface area contributed by atoms with Crippen LogP contribution < -0.4 is 5.32 Å². The number of aromatic nitrogens is 1. The van der Waals surface area contributed by atoms with Crippen LogP contribution in [0.15, 0.2) is 10.9 Å². The minimum Gasteiger partial charge on any atom is -0.333 e. The van der Waals surface area contributed by atoms with E-state index in [4.69, 9.17) is 5.26 Å². The molecule has 68 valence electrons. The highest BCUT2D eigenvalue weighted by Crippen LogP contribution is 2.04. The number of carbonyl (C=O) groups is 1. The summed E-state index contributed by atoms with van der Waals surface area (Å²) in [5.74, 6) is -0.312. The first-order valence-corrected chi connectivity index (χ1v) is 4.61. The van der Waals surface area contributed by atoms with Crippen LogP contribution in [0.2, 0.25) is 0 Å². The molecule has 0 saturated carbocycles. The normalized spacial score (nSPS) is 10.5. The summed E-state index contributed by atoms with van der Waals surface area (Å²) in [5, 5.41) is 12.9. The molecule has 0 atom stereocenters. The van der Waals surface area contributed by atoms with Gasteiger partial charge in [-0.15, -0.1) is 11.3 Å². The summed E-state index contributed by atoms with van der Waals surface area (Å²) in [5.41, 5.74) is 1.09. The van der Waals surface area contributed by atoms with Crippen LogP contribution in [0.5, 0.6) is 0 Å². The number of amides is 1. The topological polar surface area (TPSA) is 65.8 Å². The molecule has 0 spiro atoms. The molecular weight excluding hydrogens is 186 g/mol. The van der Waals surface area contributed by atoms with Gasteiger partial charge < -0.3 is 5.32 Å². The van der Waals surface area contributed by atoms with Gasteiger partial charge in [-0.3, -0.25) is 4.79 Å². The zero-order valence-corrected chi connectivity index (χ0v) is 8.18. The van der Waals surface area contributed by atoms with Crippen LogP contribution in [0, 0.1) is 11.3 Å². The largest absolute Gasteiger partial charge is 0.333 e. The molecule has 1 aromatic heterocycles. The highest BCUT2D eigenvalue weighted by atomic mass is 32.1. The lowest BCUT2D eigenvalue weighted by Crippen LogP contribution is -2.42. The molecule has 1 aromatic rings. The smallest absolute Gasteiger partial charge is 0.271 e. The molecule has 1 heterocycles. The lowest BCUT2D eigenvalue weighted by molar-refractivity contribution is 0.0925. The third-order valence-electron chi connectivity index (χ3n) is 1.37. The quantitative estimate of drug-likeness (QED) is 0.770. The lowest BCUT2D eigenvalue weighted by atomic mass is 10.1. The van der Waals surface area contributed by atoms with Gasteiger partial charge in [-0.1, -0.05) is 0 Å². The van der Waals surface area contributed by atoms with Crippen LogP contribution in [0.25, 0.3) is 0 Å². The van der Waals surface area contributed by atoms with Crippen molar-refractivity contribution >= 4 is 17.2 Å². The average molecular weight is 195 g/mol. The van der Waals surface area contributed by atoms with Crippen molar-refractivity contribution in [2.75, 3.05) is 0 Å². The maximum Gasteiger partial charge on any atom is 0.271 e. The predicted octanol–water partition coefficient (Wildman–Crippen LogP) is 1.18. The van der Waals surface area contributed by atoms with Crippen LogP contribution in [0.3, 0.4) is 0 Å². The first-order chi connectivity index (χ1) is 6.05. The van der Waals surface area contributed by atoms with E-state index in [0.29, 0.717) is 5.69 Å². The number of nitrogens with zero attached hydrogens (tertiary/aromatic N) is 2. The molecule has 0 aliphatic heterocycles. The van der Waals surface area contributed by atoms with Gasteiger partial charge in [0.2, 0.25) is 0 Å². The van der Waals surface area contributed by atoms with Gasteiger partial charge in [0.05, 0.1) is 11.6 Å². The Kier molecular flexibility index (Phi) is 2.63. The summed E-state index contributed by atoms with van der Waals surface area (Å²) < 4.78 is 0. The fraction of sp³-hybridized carbons (Fsp3) is 0.375. The van der Waals surface area contributed by atoms with Crippen LogP contribution in [-0.2, 0) is 0 Å². The lowest BCUT2D eigenvalue weighted by Gasteiger charge is -2.16. The molecule has 0 saturated heterocycles. The van der Waals surface area contributed by atoms with E-state index in [1.807, 2.05) is 6.07 Å². The summed E-state index contributed by atoms with van der Waals surface area (Å²) in [7, 11) is 0. The minimum atomic E-state index is -0.847. The summed E-state index contributed by atoms with van der Waals surface area (Å²) in [6.45, 7) is 3.27. The van der Waals surface area contributed by atoms with Crippen molar-refractivity contribution in [3.8, 4) is 6.07 Å². The van der Waals surface area contributed by atoms with E-state index in [0.717, 1.165) is 0 Å². The monoisotopic (exact) mass is 195 g/mol. The highest BCUT2D eigenvalue weighted by molar-refractivity contribution is 7.07. The van der Waals surface area contributed by atoms with Crippen LogP contribution in [0.1, 0.15) is 24.3 Å². The van der Waals surface area contributed by atoms with Gasteiger partial charge in [-0.05, 0) is 13.8 Å². The molecule has 5 heteroatoms. The Bertz CT molecular complexity index is 337. The van der Waals surface area contributed by atoms with E-state index in [1.165, 1.54) is 11.3 Å². The number of nitriles is 1. The van der Waals surface area contributed by atoms with E-state index in [9.17, 15) is 4.79 Å². The summed E-state index contributed by atoms with van der Waals surface area (Å²) in [4.78, 5) is 15.2. The van der Waals surface area contributed by atoms with Crippen molar-refractivity contribution in [3.05, 3.63) is 16.6 Å². The van der Waals surface area contributed by atoms with Crippen molar-refractivity contribution in [3.63, 3.8) is 0 Å². The molecule has 1 rings (SSSR count). The van der Waals surface area contributed by atoms with Crippen LogP contribution >= 0.6 is 11.3 Å². The van der Waals surface area contributed by atoms with Crippen molar-refractivity contribution in [2.45, 2.75) is 19.4 Å². The fourth-order valence-electron chi connectivity index (χ4n) is 0.700. The molecule has 1 amide bonds. The van der Waals surface area contributed by atoms with E-state index in [2.05, 4.69) is 10.3 Å². The summed E-state index contributed by atoms with van der Waals surface area (Å²) >= 11 is 1.35. The van der Waals surface area contributed by atoms with Crippen molar-refractivity contribution in [1.82, 2.24) is 10.3 Å². The molecule has 0 unspecified atom stereocenters. The van der Waals surface area contributed by atoms with E-state index < -0.39 is 5.54 Å². The summed E-state index contributed by atoms with van der Waals surface area (Å²) in [6.07, 6.45) is 0. The molecule has 0 bridgehead atoms. The number of hydrogen-bond acceptors (Lipinski definition) is 4. The highest BCUT2D eigenvalue weighted by Gasteiger charge is 2.20. The number of nitrogens with one attached hydrogen (secondary N) is 1. The standard InChI is InChI=1S/C8H9N3OS/c1-8(2,4-9)11-7(12)6-3-13-5-10-6/h3,5H,1-2H3,(H,11,12). The van der Waals surface area contributed by atoms with Gasteiger partial charge >= 0.3 is 0 Å². The van der Waals surface area contributed by atoms with Crippen LogP contribution in [0.4, 0.5) is 0 Å². The molecular formula is C8H9N3OS. The molecule has 0 fully saturated rings. The van der Waals surface area contributed by atoms with Gasteiger partial charge in [0.25, 0.3) is 5.91 Å². The fourth-order valence-corrected chi connectivity index (χ4v) is 1.23. The third kappa shape index (κ3) is 2.53. The molecule has 0 aromatic carbocycles. The number of rotatable bonds is 2. The number of carbonyl (C=O) groups excluding carboxylic acids is 1. The van der Waals surface area contributed by atoms with Gasteiger partial charge in [-0.2, -0.15) is 5.26 Å². The second-order valence-corrected chi connectivity index (χ2v) is 3.78. The van der Waals surface area contributed by atoms with Crippen molar-refractivity contribution in [2.24, 2.45) is 0 Å². The Morgan fingerprint density at radius 2 is 2.46 bits per heavy atom. The Balaban J connectivity index is 2.68. The first-order valence-electron chi connectivity index (χ1n) is 3.67. The van der Waals surface area contributed by atoms with Crippen molar-refractivity contribution < 1.29 is 4.79 Å². The molecule has 0 aliphatic rings. The first kappa shape index (κ1) is 9.68. The Hall–Kier alpha value is -1.41. The van der Waals surface area contributed by atoms with Gasteiger partial charge in [-0.25, -0.2) is 4.98 Å². The second kappa shape index (κ2) is 3.54. The van der Waals surface area contributed by atoms with Crippen LogP contribution in [-0.4, -0.2) is 16.4 Å².